The summed E-state index contributed by atoms with van der Waals surface area (Å²) in [5.41, 5.74) is 5.76. The van der Waals surface area contributed by atoms with Crippen LogP contribution < -0.4 is 5.73 Å². The summed E-state index contributed by atoms with van der Waals surface area (Å²) >= 11 is 5.69. The molecule has 0 aliphatic heterocycles. The fourth-order valence-corrected chi connectivity index (χ4v) is 1.20. The number of halogens is 1. The van der Waals surface area contributed by atoms with E-state index in [1.165, 1.54) is 13.0 Å². The minimum absolute atomic E-state index is 0.0164. The maximum absolute atomic E-state index is 11.1. The van der Waals surface area contributed by atoms with E-state index in [1.807, 2.05) is 0 Å². The summed E-state index contributed by atoms with van der Waals surface area (Å²) in [5.74, 6) is -1.07. The first-order chi connectivity index (χ1) is 7.00. The quantitative estimate of drug-likeness (QED) is 0.483. The van der Waals surface area contributed by atoms with Crippen molar-refractivity contribution >= 4 is 29.4 Å². The van der Waals surface area contributed by atoms with Gasteiger partial charge in [0.05, 0.1) is 5.57 Å². The predicted molar refractivity (Wildman–Crippen MR) is 59.3 cm³/mol. The van der Waals surface area contributed by atoms with Crippen LogP contribution in [0.25, 0.3) is 6.08 Å². The Bertz CT molecular complexity index is 405. The molecule has 1 aromatic rings. The standard InChI is InChI=1S/C11H10ClNO2/c1-7(14)10(11(13)15)6-8-2-4-9(12)5-3-8/h2-6H,1H3,(H2,13,15)/b10-6-. The van der Waals surface area contributed by atoms with Gasteiger partial charge in [-0.05, 0) is 30.7 Å². The lowest BCUT2D eigenvalue weighted by molar-refractivity contribution is -0.119. The summed E-state index contributed by atoms with van der Waals surface area (Å²) in [7, 11) is 0. The second-order valence-corrected chi connectivity index (χ2v) is 3.47. The van der Waals surface area contributed by atoms with Crippen molar-refractivity contribution in [1.29, 1.82) is 0 Å². The molecule has 0 aliphatic carbocycles. The van der Waals surface area contributed by atoms with Crippen LogP contribution in [0.5, 0.6) is 0 Å². The van der Waals surface area contributed by atoms with E-state index in [4.69, 9.17) is 17.3 Å². The molecule has 0 aliphatic rings. The molecule has 0 bridgehead atoms. The van der Waals surface area contributed by atoms with E-state index in [0.29, 0.717) is 10.6 Å². The highest BCUT2D eigenvalue weighted by Gasteiger charge is 2.09. The molecular formula is C11H10ClNO2. The maximum Gasteiger partial charge on any atom is 0.252 e. The van der Waals surface area contributed by atoms with Gasteiger partial charge in [0.1, 0.15) is 0 Å². The molecule has 0 saturated carbocycles. The lowest BCUT2D eigenvalue weighted by Gasteiger charge is -1.98. The number of Topliss-reactive ketones (excluding diaryl/α,β-unsaturated/α-hetero) is 1. The Morgan fingerprint density at radius 3 is 2.20 bits per heavy atom. The Morgan fingerprint density at radius 1 is 1.27 bits per heavy atom. The Labute approximate surface area is 92.5 Å². The summed E-state index contributed by atoms with van der Waals surface area (Å²) in [6.45, 7) is 1.30. The summed E-state index contributed by atoms with van der Waals surface area (Å²) in [4.78, 5) is 22.0. The van der Waals surface area contributed by atoms with Crippen LogP contribution in [0.4, 0.5) is 0 Å². The van der Waals surface area contributed by atoms with Gasteiger partial charge in [-0.2, -0.15) is 0 Å². The molecule has 0 aromatic heterocycles. The van der Waals surface area contributed by atoms with Gasteiger partial charge < -0.3 is 5.73 Å². The summed E-state index contributed by atoms with van der Waals surface area (Å²) in [5, 5.41) is 0.593. The zero-order valence-electron chi connectivity index (χ0n) is 8.16. The van der Waals surface area contributed by atoms with Crippen LogP contribution in [0.3, 0.4) is 0 Å². The highest BCUT2D eigenvalue weighted by molar-refractivity contribution is 6.30. The van der Waals surface area contributed by atoms with Gasteiger partial charge in [-0.3, -0.25) is 9.59 Å². The second kappa shape index (κ2) is 4.75. The molecule has 0 radical (unpaired) electrons. The minimum Gasteiger partial charge on any atom is -0.365 e. The molecule has 0 saturated heterocycles. The maximum atomic E-state index is 11.1. The normalized spacial score (nSPS) is 11.2. The zero-order chi connectivity index (χ0) is 11.4. The molecule has 15 heavy (non-hydrogen) atoms. The fraction of sp³-hybridized carbons (Fsp3) is 0.0909. The number of ketones is 1. The van der Waals surface area contributed by atoms with E-state index in [1.54, 1.807) is 24.3 Å². The Kier molecular flexibility index (Phi) is 3.63. The van der Waals surface area contributed by atoms with E-state index < -0.39 is 5.91 Å². The number of rotatable bonds is 3. The largest absolute Gasteiger partial charge is 0.365 e. The fourth-order valence-electron chi connectivity index (χ4n) is 1.07. The van der Waals surface area contributed by atoms with Gasteiger partial charge >= 0.3 is 0 Å². The Morgan fingerprint density at radius 2 is 1.80 bits per heavy atom. The molecule has 0 spiro atoms. The Balaban J connectivity index is 3.08. The average Bonchev–Trinajstić information content (AvgIpc) is 2.15. The lowest BCUT2D eigenvalue weighted by Crippen LogP contribution is -2.18. The van der Waals surface area contributed by atoms with Gasteiger partial charge in [-0.25, -0.2) is 0 Å². The van der Waals surface area contributed by atoms with Crippen LogP contribution in [0.2, 0.25) is 5.02 Å². The molecule has 0 atom stereocenters. The van der Waals surface area contributed by atoms with Crippen LogP contribution in [-0.4, -0.2) is 11.7 Å². The van der Waals surface area contributed by atoms with Gasteiger partial charge in [0.25, 0.3) is 5.91 Å². The van der Waals surface area contributed by atoms with Gasteiger partial charge in [-0.1, -0.05) is 23.7 Å². The number of amides is 1. The SMILES string of the molecule is CC(=O)/C(=C/c1ccc(Cl)cc1)C(N)=O. The number of nitrogens with two attached hydrogens (primary N) is 1. The third-order valence-electron chi connectivity index (χ3n) is 1.83. The van der Waals surface area contributed by atoms with Crippen LogP contribution in [0.15, 0.2) is 29.8 Å². The Hall–Kier alpha value is -1.61. The topological polar surface area (TPSA) is 60.2 Å². The van der Waals surface area contributed by atoms with Gasteiger partial charge in [0, 0.05) is 5.02 Å². The first-order valence-electron chi connectivity index (χ1n) is 4.28. The van der Waals surface area contributed by atoms with Crippen molar-refractivity contribution in [3.8, 4) is 0 Å². The second-order valence-electron chi connectivity index (χ2n) is 3.03. The smallest absolute Gasteiger partial charge is 0.252 e. The van der Waals surface area contributed by atoms with Crippen LogP contribution in [0.1, 0.15) is 12.5 Å². The monoisotopic (exact) mass is 223 g/mol. The molecule has 0 fully saturated rings. The summed E-state index contributed by atoms with van der Waals surface area (Å²) in [6.07, 6.45) is 1.45. The first kappa shape index (κ1) is 11.5. The molecule has 0 heterocycles. The van der Waals surface area contributed by atoms with Crippen LogP contribution in [-0.2, 0) is 9.59 Å². The van der Waals surface area contributed by atoms with Crippen LogP contribution >= 0.6 is 11.6 Å². The average molecular weight is 224 g/mol. The summed E-state index contributed by atoms with van der Waals surface area (Å²) < 4.78 is 0. The molecule has 78 valence electrons. The van der Waals surface area contributed by atoms with Crippen molar-refractivity contribution in [3.05, 3.63) is 40.4 Å². The number of hydrogen-bond donors (Lipinski definition) is 1. The van der Waals surface area contributed by atoms with Crippen molar-refractivity contribution in [2.45, 2.75) is 6.92 Å². The van der Waals surface area contributed by atoms with Crippen molar-refractivity contribution in [1.82, 2.24) is 0 Å². The number of primary amides is 1. The van der Waals surface area contributed by atoms with E-state index >= 15 is 0 Å². The minimum atomic E-state index is -0.725. The van der Waals surface area contributed by atoms with Crippen molar-refractivity contribution in [3.63, 3.8) is 0 Å². The summed E-state index contributed by atoms with van der Waals surface area (Å²) in [6, 6.07) is 6.75. The number of carbonyl (C=O) groups excluding carboxylic acids is 2. The first-order valence-corrected chi connectivity index (χ1v) is 4.66. The molecule has 1 amide bonds. The van der Waals surface area contributed by atoms with Crippen molar-refractivity contribution in [2.24, 2.45) is 5.73 Å². The van der Waals surface area contributed by atoms with E-state index in [0.717, 1.165) is 0 Å². The molecule has 2 N–H and O–H groups in total. The van der Waals surface area contributed by atoms with Crippen molar-refractivity contribution < 1.29 is 9.59 Å². The van der Waals surface area contributed by atoms with E-state index in [-0.39, 0.29) is 11.4 Å². The molecular weight excluding hydrogens is 214 g/mol. The highest BCUT2D eigenvalue weighted by Crippen LogP contribution is 2.12. The third kappa shape index (κ3) is 3.22. The molecule has 0 unspecified atom stereocenters. The predicted octanol–water partition coefficient (Wildman–Crippen LogP) is 1.80. The third-order valence-corrected chi connectivity index (χ3v) is 2.08. The lowest BCUT2D eigenvalue weighted by atomic mass is 10.1. The van der Waals surface area contributed by atoms with Crippen LogP contribution in [0, 0.1) is 0 Å². The number of carbonyl (C=O) groups is 2. The molecule has 1 aromatic carbocycles. The van der Waals surface area contributed by atoms with Gasteiger partial charge in [0.15, 0.2) is 5.78 Å². The number of benzene rings is 1. The van der Waals surface area contributed by atoms with E-state index in [9.17, 15) is 9.59 Å². The van der Waals surface area contributed by atoms with Crippen molar-refractivity contribution in [2.75, 3.05) is 0 Å². The van der Waals surface area contributed by atoms with Gasteiger partial charge in [-0.15, -0.1) is 0 Å². The zero-order valence-corrected chi connectivity index (χ0v) is 8.91. The molecule has 4 heteroatoms. The highest BCUT2D eigenvalue weighted by atomic mass is 35.5. The van der Waals surface area contributed by atoms with Gasteiger partial charge in [0.2, 0.25) is 0 Å². The number of hydrogen-bond acceptors (Lipinski definition) is 2. The molecule has 1 rings (SSSR count). The molecule has 3 nitrogen and oxygen atoms in total. The van der Waals surface area contributed by atoms with E-state index in [2.05, 4.69) is 0 Å².